The van der Waals surface area contributed by atoms with Crippen molar-refractivity contribution in [2.45, 2.75) is 52.6 Å². The van der Waals surface area contributed by atoms with Crippen molar-refractivity contribution in [3.63, 3.8) is 0 Å². The van der Waals surface area contributed by atoms with E-state index < -0.39 is 0 Å². The van der Waals surface area contributed by atoms with Gasteiger partial charge in [-0.3, -0.25) is 4.99 Å². The molecule has 0 aliphatic heterocycles. The van der Waals surface area contributed by atoms with Gasteiger partial charge < -0.3 is 15.8 Å². The predicted molar refractivity (Wildman–Crippen MR) is 104 cm³/mol. The summed E-state index contributed by atoms with van der Waals surface area (Å²) in [6.45, 7) is 7.10. The van der Waals surface area contributed by atoms with Gasteiger partial charge in [0.2, 0.25) is 0 Å². The molecule has 0 atom stereocenters. The number of nitrogens with one attached hydrogen (secondary N) is 1. The number of anilines is 1. The largest absolute Gasteiger partial charge is 0.491 e. The van der Waals surface area contributed by atoms with Crippen molar-refractivity contribution in [2.24, 2.45) is 16.1 Å². The van der Waals surface area contributed by atoms with Crippen LogP contribution >= 0.6 is 24.0 Å². The zero-order valence-corrected chi connectivity index (χ0v) is 16.1. The minimum absolute atomic E-state index is 0. The Labute approximate surface area is 150 Å². The van der Waals surface area contributed by atoms with Crippen LogP contribution in [0.5, 0.6) is 5.75 Å². The summed E-state index contributed by atoms with van der Waals surface area (Å²) < 4.78 is 5.61. The predicted octanol–water partition coefficient (Wildman–Crippen LogP) is 4.40. The number of guanidine groups is 1. The van der Waals surface area contributed by atoms with E-state index in [-0.39, 0.29) is 30.1 Å². The lowest BCUT2D eigenvalue weighted by molar-refractivity contribution is 0.139. The first kappa shape index (κ1) is 19.1. The normalized spacial score (nSPS) is 16.6. The fourth-order valence-corrected chi connectivity index (χ4v) is 2.63. The lowest BCUT2D eigenvalue weighted by Gasteiger charge is -2.40. The number of hydrogen-bond acceptors (Lipinski definition) is 2. The summed E-state index contributed by atoms with van der Waals surface area (Å²) in [5, 5.41) is 3.14. The highest BCUT2D eigenvalue weighted by Gasteiger charge is 2.34. The average Bonchev–Trinajstić information content (AvgIpc) is 2.40. The van der Waals surface area contributed by atoms with Gasteiger partial charge in [0.15, 0.2) is 5.96 Å². The molecule has 1 aliphatic rings. The number of ether oxygens (including phenoxy) is 1. The van der Waals surface area contributed by atoms with E-state index >= 15 is 0 Å². The first-order valence-corrected chi connectivity index (χ1v) is 7.87. The van der Waals surface area contributed by atoms with Gasteiger partial charge in [-0.25, -0.2) is 0 Å². The van der Waals surface area contributed by atoms with Crippen molar-refractivity contribution in [3.8, 4) is 5.75 Å². The minimum atomic E-state index is 0. The van der Waals surface area contributed by atoms with Crippen LogP contribution in [-0.4, -0.2) is 18.6 Å². The van der Waals surface area contributed by atoms with Gasteiger partial charge in [-0.1, -0.05) is 13.3 Å². The van der Waals surface area contributed by atoms with Crippen LogP contribution < -0.4 is 15.8 Å². The zero-order chi connectivity index (χ0) is 15.3. The first-order chi connectivity index (χ1) is 10.0. The number of benzene rings is 1. The quantitative estimate of drug-likeness (QED) is 0.410. The SMILES string of the molecule is CCC1(CN=C(N)Nc2ccc(OC(C)C)cc2)CCC1.I. The summed E-state index contributed by atoms with van der Waals surface area (Å²) in [4.78, 5) is 4.51. The molecule has 0 amide bonds. The minimum Gasteiger partial charge on any atom is -0.491 e. The number of rotatable bonds is 6. The first-order valence-electron chi connectivity index (χ1n) is 7.87. The Morgan fingerprint density at radius 1 is 1.32 bits per heavy atom. The van der Waals surface area contributed by atoms with E-state index in [0.717, 1.165) is 18.0 Å². The van der Waals surface area contributed by atoms with Gasteiger partial charge in [-0.15, -0.1) is 24.0 Å². The smallest absolute Gasteiger partial charge is 0.193 e. The molecule has 0 saturated heterocycles. The summed E-state index contributed by atoms with van der Waals surface area (Å²) in [7, 11) is 0. The molecule has 5 heteroatoms. The van der Waals surface area contributed by atoms with Crippen LogP contribution in [0.25, 0.3) is 0 Å². The van der Waals surface area contributed by atoms with Crippen molar-refractivity contribution in [1.29, 1.82) is 0 Å². The molecule has 1 aromatic rings. The number of hydrogen-bond donors (Lipinski definition) is 2. The molecular weight excluding hydrogens is 389 g/mol. The van der Waals surface area contributed by atoms with Crippen LogP contribution in [0, 0.1) is 5.41 Å². The fourth-order valence-electron chi connectivity index (χ4n) is 2.63. The van der Waals surface area contributed by atoms with Crippen molar-refractivity contribution >= 4 is 35.6 Å². The van der Waals surface area contributed by atoms with E-state index in [9.17, 15) is 0 Å². The Kier molecular flexibility index (Phi) is 7.45. The Morgan fingerprint density at radius 2 is 1.95 bits per heavy atom. The summed E-state index contributed by atoms with van der Waals surface area (Å²) in [6.07, 6.45) is 5.25. The van der Waals surface area contributed by atoms with Crippen LogP contribution in [-0.2, 0) is 0 Å². The van der Waals surface area contributed by atoms with Gasteiger partial charge in [-0.2, -0.15) is 0 Å². The van der Waals surface area contributed by atoms with Gasteiger partial charge in [-0.05, 0) is 62.8 Å². The highest BCUT2D eigenvalue weighted by molar-refractivity contribution is 14.0. The second kappa shape index (κ2) is 8.60. The molecule has 1 aromatic carbocycles. The van der Waals surface area contributed by atoms with E-state index in [2.05, 4.69) is 17.2 Å². The summed E-state index contributed by atoms with van der Waals surface area (Å²) >= 11 is 0. The summed E-state index contributed by atoms with van der Waals surface area (Å²) in [5.41, 5.74) is 7.31. The van der Waals surface area contributed by atoms with Crippen molar-refractivity contribution in [3.05, 3.63) is 24.3 Å². The molecule has 4 nitrogen and oxygen atoms in total. The summed E-state index contributed by atoms with van der Waals surface area (Å²) in [5.74, 6) is 1.36. The molecule has 0 aromatic heterocycles. The van der Waals surface area contributed by atoms with Gasteiger partial charge >= 0.3 is 0 Å². The second-order valence-corrected chi connectivity index (χ2v) is 6.22. The maximum Gasteiger partial charge on any atom is 0.193 e. The fraction of sp³-hybridized carbons (Fsp3) is 0.588. The molecule has 0 heterocycles. The van der Waals surface area contributed by atoms with E-state index in [1.165, 1.54) is 25.7 Å². The number of nitrogens with two attached hydrogens (primary N) is 1. The Hall–Kier alpha value is -0.980. The van der Waals surface area contributed by atoms with Gasteiger partial charge in [0, 0.05) is 12.2 Å². The molecule has 124 valence electrons. The Balaban J connectivity index is 0.00000242. The third-order valence-electron chi connectivity index (χ3n) is 4.25. The maximum atomic E-state index is 5.97. The van der Waals surface area contributed by atoms with Gasteiger partial charge in [0.05, 0.1) is 6.10 Å². The van der Waals surface area contributed by atoms with E-state index in [1.54, 1.807) is 0 Å². The molecule has 1 aliphatic carbocycles. The average molecular weight is 417 g/mol. The molecule has 22 heavy (non-hydrogen) atoms. The zero-order valence-electron chi connectivity index (χ0n) is 13.8. The molecule has 0 bridgehead atoms. The highest BCUT2D eigenvalue weighted by Crippen LogP contribution is 2.43. The third kappa shape index (κ3) is 5.34. The lowest BCUT2D eigenvalue weighted by Crippen LogP contribution is -2.33. The monoisotopic (exact) mass is 417 g/mol. The summed E-state index contributed by atoms with van der Waals surface area (Å²) in [6, 6.07) is 7.79. The topological polar surface area (TPSA) is 59.6 Å². The molecule has 0 unspecified atom stereocenters. The van der Waals surface area contributed by atoms with Crippen molar-refractivity contribution in [1.82, 2.24) is 0 Å². The van der Waals surface area contributed by atoms with Crippen LogP contribution in [0.15, 0.2) is 29.3 Å². The Bertz CT molecular complexity index is 476. The molecular formula is C17H28IN3O. The van der Waals surface area contributed by atoms with Crippen LogP contribution in [0.2, 0.25) is 0 Å². The van der Waals surface area contributed by atoms with E-state index in [4.69, 9.17) is 10.5 Å². The van der Waals surface area contributed by atoms with Gasteiger partial charge in [0.25, 0.3) is 0 Å². The maximum absolute atomic E-state index is 5.97. The third-order valence-corrected chi connectivity index (χ3v) is 4.25. The molecule has 1 fully saturated rings. The Morgan fingerprint density at radius 3 is 2.41 bits per heavy atom. The standard InChI is InChI=1S/C17H27N3O.HI/c1-4-17(10-5-11-17)12-19-16(18)20-14-6-8-15(9-7-14)21-13(2)3;/h6-9,13H,4-5,10-12H2,1-3H3,(H3,18,19,20);1H. The molecule has 0 spiro atoms. The van der Waals surface area contributed by atoms with Gasteiger partial charge in [0.1, 0.15) is 5.75 Å². The number of halogens is 1. The van der Waals surface area contributed by atoms with Crippen LogP contribution in [0.4, 0.5) is 5.69 Å². The van der Waals surface area contributed by atoms with E-state index in [0.29, 0.717) is 11.4 Å². The van der Waals surface area contributed by atoms with Crippen LogP contribution in [0.1, 0.15) is 46.5 Å². The van der Waals surface area contributed by atoms with Crippen molar-refractivity contribution in [2.75, 3.05) is 11.9 Å². The second-order valence-electron chi connectivity index (χ2n) is 6.22. The molecule has 1 saturated carbocycles. The molecule has 3 N–H and O–H groups in total. The van der Waals surface area contributed by atoms with Crippen LogP contribution in [0.3, 0.4) is 0 Å². The van der Waals surface area contributed by atoms with E-state index in [1.807, 2.05) is 38.1 Å². The van der Waals surface area contributed by atoms with Crippen molar-refractivity contribution < 1.29 is 4.74 Å². The lowest BCUT2D eigenvalue weighted by atomic mass is 9.67. The number of aliphatic imine (C=N–C) groups is 1. The number of nitrogens with zero attached hydrogens (tertiary/aromatic N) is 1. The molecule has 2 rings (SSSR count). The highest BCUT2D eigenvalue weighted by atomic mass is 127. The molecule has 0 radical (unpaired) electrons.